The van der Waals surface area contributed by atoms with Crippen molar-refractivity contribution < 1.29 is 7.58 Å². The summed E-state index contributed by atoms with van der Waals surface area (Å²) in [5.41, 5.74) is 3.45. The molecule has 3 atom stereocenters. The summed E-state index contributed by atoms with van der Waals surface area (Å²) in [5, 5.41) is 6.76. The maximum Gasteiger partial charge on any atom is 0.670 e. The summed E-state index contributed by atoms with van der Waals surface area (Å²) in [6.07, 6.45) is 0.979. The number of fused-ring (bicyclic) bond motifs is 1. The highest BCUT2D eigenvalue weighted by molar-refractivity contribution is 6.19. The third kappa shape index (κ3) is 2.94. The summed E-state index contributed by atoms with van der Waals surface area (Å²) < 4.78 is 12.0. The molecule has 4 nitrogen and oxygen atoms in total. The summed E-state index contributed by atoms with van der Waals surface area (Å²) in [6.45, 7) is 2.08. The normalized spacial score (nSPS) is 26.4. The predicted octanol–water partition coefficient (Wildman–Crippen LogP) is 3.02. The quantitative estimate of drug-likeness (QED) is 0.815. The third-order valence-corrected chi connectivity index (χ3v) is 5.27. The number of nitrogens with zero attached hydrogens (tertiary/aromatic N) is 2. The Morgan fingerprint density at radius 1 is 1.00 bits per heavy atom. The van der Waals surface area contributed by atoms with E-state index in [4.69, 9.17) is 12.7 Å². The Bertz CT molecular complexity index is 693. The molecule has 1 fully saturated rings. The third-order valence-electron chi connectivity index (χ3n) is 4.42. The second kappa shape index (κ2) is 6.47. The van der Waals surface area contributed by atoms with E-state index in [1.54, 1.807) is 0 Å². The van der Waals surface area contributed by atoms with Crippen LogP contribution in [0.2, 0.25) is 0 Å². The minimum atomic E-state index is -0.464. The fourth-order valence-electron chi connectivity index (χ4n) is 3.30. The fraction of sp³-hybridized carbons (Fsp3) is 0.278. The molecule has 5 heteroatoms. The fourth-order valence-corrected chi connectivity index (χ4v) is 4.17. The molecule has 23 heavy (non-hydrogen) atoms. The second-order valence-electron chi connectivity index (χ2n) is 5.93. The Balaban J connectivity index is 1.58. The first kappa shape index (κ1) is 14.9. The summed E-state index contributed by atoms with van der Waals surface area (Å²) in [7, 11) is 0. The van der Waals surface area contributed by atoms with E-state index in [1.165, 1.54) is 5.56 Å². The lowest BCUT2D eigenvalue weighted by Crippen LogP contribution is -2.49. The van der Waals surface area contributed by atoms with Gasteiger partial charge in [0.25, 0.3) is 0 Å². The van der Waals surface area contributed by atoms with E-state index in [0.717, 1.165) is 17.8 Å². The van der Waals surface area contributed by atoms with E-state index in [2.05, 4.69) is 43.3 Å². The first-order valence-electron chi connectivity index (χ1n) is 7.89. The zero-order valence-corrected chi connectivity index (χ0v) is 14.2. The van der Waals surface area contributed by atoms with Gasteiger partial charge in [-0.2, -0.15) is 5.10 Å². The number of anilines is 1. The molecule has 0 saturated carbocycles. The van der Waals surface area contributed by atoms with Crippen LogP contribution < -0.4 is 5.01 Å². The van der Waals surface area contributed by atoms with Gasteiger partial charge in [0, 0.05) is 11.8 Å². The van der Waals surface area contributed by atoms with Gasteiger partial charge in [-0.1, -0.05) is 48.5 Å². The van der Waals surface area contributed by atoms with Crippen LogP contribution in [0.25, 0.3) is 0 Å². The molecule has 115 valence electrons. The van der Waals surface area contributed by atoms with E-state index >= 15 is 0 Å². The molecule has 0 bridgehead atoms. The van der Waals surface area contributed by atoms with E-state index < -0.39 is 15.9 Å². The SMILES string of the molecule is CC1=NN(c2ccccc2)C2[O][Al][O]C(Cc3ccccc3)C12. The lowest BCUT2D eigenvalue weighted by Gasteiger charge is -2.37. The average molecular weight is 321 g/mol. The maximum atomic E-state index is 6.00. The second-order valence-corrected chi connectivity index (χ2v) is 6.67. The molecular weight excluding hydrogens is 303 g/mol. The van der Waals surface area contributed by atoms with E-state index in [-0.39, 0.29) is 18.2 Å². The standard InChI is InChI=1S/C18H18N2O2.Al/c1-13-17(16(21)12-14-8-4-2-5-9-14)18(22)20(19-13)15-10-6-3-7-11-15;/h2-11,16-18H,12H2,1H3;/q-2;+2. The van der Waals surface area contributed by atoms with Crippen molar-refractivity contribution in [1.29, 1.82) is 0 Å². The van der Waals surface area contributed by atoms with E-state index in [0.29, 0.717) is 0 Å². The van der Waals surface area contributed by atoms with Gasteiger partial charge in [0.2, 0.25) is 0 Å². The molecule has 0 N–H and O–H groups in total. The van der Waals surface area contributed by atoms with Crippen LogP contribution >= 0.6 is 0 Å². The molecule has 2 aromatic rings. The van der Waals surface area contributed by atoms with Gasteiger partial charge in [-0.25, -0.2) is 5.01 Å². The Morgan fingerprint density at radius 2 is 1.70 bits per heavy atom. The minimum absolute atomic E-state index is 0.0464. The largest absolute Gasteiger partial charge is 0.670 e. The van der Waals surface area contributed by atoms with Gasteiger partial charge >= 0.3 is 15.9 Å². The van der Waals surface area contributed by atoms with Crippen molar-refractivity contribution in [2.24, 2.45) is 11.0 Å². The van der Waals surface area contributed by atoms with Crippen LogP contribution in [-0.2, 0) is 14.0 Å². The zero-order chi connectivity index (χ0) is 15.6. The van der Waals surface area contributed by atoms with Gasteiger partial charge in [0.15, 0.2) is 0 Å². The predicted molar refractivity (Wildman–Crippen MR) is 91.2 cm³/mol. The Morgan fingerprint density at radius 3 is 2.43 bits per heavy atom. The number of para-hydroxylation sites is 1. The highest BCUT2D eigenvalue weighted by Crippen LogP contribution is 2.35. The molecule has 1 radical (unpaired) electrons. The van der Waals surface area contributed by atoms with Crippen LogP contribution in [0.5, 0.6) is 0 Å². The Kier molecular flexibility index (Phi) is 4.19. The first-order valence-corrected chi connectivity index (χ1v) is 8.83. The average Bonchev–Trinajstić information content (AvgIpc) is 2.95. The van der Waals surface area contributed by atoms with Crippen molar-refractivity contribution in [2.75, 3.05) is 5.01 Å². The summed E-state index contributed by atoms with van der Waals surface area (Å²) in [6, 6.07) is 20.7. The lowest BCUT2D eigenvalue weighted by molar-refractivity contribution is 0.00899. The van der Waals surface area contributed by atoms with Gasteiger partial charge in [-0.3, -0.25) is 0 Å². The topological polar surface area (TPSA) is 34.1 Å². The molecule has 2 aliphatic heterocycles. The molecular formula is C18H18AlN2O2. The van der Waals surface area contributed by atoms with Crippen molar-refractivity contribution in [1.82, 2.24) is 0 Å². The van der Waals surface area contributed by atoms with E-state index in [9.17, 15) is 0 Å². The molecule has 3 unspecified atom stereocenters. The van der Waals surface area contributed by atoms with Crippen molar-refractivity contribution >= 4 is 27.3 Å². The number of hydrazone groups is 1. The van der Waals surface area contributed by atoms with Crippen LogP contribution in [0, 0.1) is 5.92 Å². The first-order chi connectivity index (χ1) is 11.3. The Hall–Kier alpha value is -1.64. The molecule has 2 heterocycles. The van der Waals surface area contributed by atoms with Crippen LogP contribution in [0.4, 0.5) is 5.69 Å². The van der Waals surface area contributed by atoms with E-state index in [1.807, 2.05) is 29.3 Å². The number of hydrogen-bond acceptors (Lipinski definition) is 4. The molecule has 2 aliphatic rings. The lowest BCUT2D eigenvalue weighted by atomic mass is 9.91. The molecule has 0 spiro atoms. The van der Waals surface area contributed by atoms with Gasteiger partial charge in [-0.15, -0.1) is 0 Å². The van der Waals surface area contributed by atoms with Gasteiger partial charge in [-0.05, 0) is 31.0 Å². The van der Waals surface area contributed by atoms with Gasteiger partial charge in [0.1, 0.15) is 6.23 Å². The summed E-state index contributed by atoms with van der Waals surface area (Å²) >= 11 is -0.464. The monoisotopic (exact) mass is 321 g/mol. The Labute approximate surface area is 143 Å². The highest BCUT2D eigenvalue weighted by atomic mass is 27.2. The molecule has 0 aromatic heterocycles. The van der Waals surface area contributed by atoms with Crippen molar-refractivity contribution in [3.63, 3.8) is 0 Å². The van der Waals surface area contributed by atoms with Crippen LogP contribution in [0.3, 0.4) is 0 Å². The molecule has 0 aliphatic carbocycles. The molecule has 2 aromatic carbocycles. The number of benzene rings is 2. The molecule has 0 amide bonds. The van der Waals surface area contributed by atoms with Crippen LogP contribution in [-0.4, -0.2) is 33.9 Å². The van der Waals surface area contributed by atoms with Crippen molar-refractivity contribution in [2.45, 2.75) is 25.7 Å². The minimum Gasteiger partial charge on any atom is -0.480 e. The van der Waals surface area contributed by atoms with Gasteiger partial charge in [0.05, 0.1) is 11.6 Å². The highest BCUT2D eigenvalue weighted by Gasteiger charge is 2.45. The summed E-state index contributed by atoms with van der Waals surface area (Å²) in [4.78, 5) is 0. The van der Waals surface area contributed by atoms with Crippen molar-refractivity contribution in [3.8, 4) is 0 Å². The summed E-state index contributed by atoms with van der Waals surface area (Å²) in [5.74, 6) is 0.177. The van der Waals surface area contributed by atoms with Crippen LogP contribution in [0.15, 0.2) is 65.8 Å². The molecule has 4 rings (SSSR count). The zero-order valence-electron chi connectivity index (χ0n) is 13.0. The van der Waals surface area contributed by atoms with Crippen molar-refractivity contribution in [3.05, 3.63) is 66.2 Å². The smallest absolute Gasteiger partial charge is 0.480 e. The van der Waals surface area contributed by atoms with Crippen LogP contribution in [0.1, 0.15) is 12.5 Å². The number of hydrogen-bond donors (Lipinski definition) is 0. The molecule has 1 saturated heterocycles. The number of rotatable bonds is 3. The maximum absolute atomic E-state index is 6.00. The van der Waals surface area contributed by atoms with Gasteiger partial charge < -0.3 is 7.58 Å².